The van der Waals surface area contributed by atoms with E-state index in [9.17, 15) is 9.18 Å². The van der Waals surface area contributed by atoms with Crippen LogP contribution in [0.5, 0.6) is 0 Å². The standard InChI is InChI=1S/C16H14FNOS.C3H8O.C2H6/c17-14-10-15(18)13(7-4-8-19)9-16(14)20-11-12-5-2-1-3-6-12;1-3-4-2;1-2/h1-10H,11,18H2;3H2,1-2H3;1-2H3/b7-4+;;. The molecule has 0 bridgehead atoms. The first-order chi connectivity index (χ1) is 12.6. The molecule has 0 aromatic heterocycles. The van der Waals surface area contributed by atoms with Crippen LogP contribution in [0.4, 0.5) is 10.1 Å². The molecule has 26 heavy (non-hydrogen) atoms. The van der Waals surface area contributed by atoms with Crippen LogP contribution in [0.2, 0.25) is 0 Å². The number of hydrogen-bond donors (Lipinski definition) is 1. The lowest BCUT2D eigenvalue weighted by Crippen LogP contribution is -1.93. The summed E-state index contributed by atoms with van der Waals surface area (Å²) < 4.78 is 18.4. The molecule has 142 valence electrons. The van der Waals surface area contributed by atoms with Crippen molar-refractivity contribution in [2.24, 2.45) is 0 Å². The van der Waals surface area contributed by atoms with Gasteiger partial charge in [-0.05, 0) is 42.3 Å². The number of methoxy groups -OCH3 is 1. The molecule has 0 unspecified atom stereocenters. The van der Waals surface area contributed by atoms with Crippen molar-refractivity contribution >= 4 is 29.8 Å². The summed E-state index contributed by atoms with van der Waals surface area (Å²) in [7, 11) is 1.68. The van der Waals surface area contributed by atoms with Crippen LogP contribution in [0.1, 0.15) is 31.9 Å². The second-order valence-corrected chi connectivity index (χ2v) is 5.78. The van der Waals surface area contributed by atoms with Gasteiger partial charge in [0.25, 0.3) is 0 Å². The molecule has 0 fully saturated rings. The van der Waals surface area contributed by atoms with Gasteiger partial charge in [0.2, 0.25) is 0 Å². The average molecular weight is 378 g/mol. The van der Waals surface area contributed by atoms with Gasteiger partial charge in [-0.3, -0.25) is 4.79 Å². The fourth-order valence-electron chi connectivity index (χ4n) is 1.72. The number of aldehydes is 1. The van der Waals surface area contributed by atoms with Gasteiger partial charge >= 0.3 is 0 Å². The number of nitrogen functional groups attached to an aromatic ring is 1. The van der Waals surface area contributed by atoms with Gasteiger partial charge in [-0.25, -0.2) is 4.39 Å². The minimum Gasteiger partial charge on any atom is -0.398 e. The van der Waals surface area contributed by atoms with E-state index in [1.807, 2.05) is 51.1 Å². The van der Waals surface area contributed by atoms with Crippen molar-refractivity contribution in [3.8, 4) is 0 Å². The van der Waals surface area contributed by atoms with Gasteiger partial charge in [-0.1, -0.05) is 44.2 Å². The smallest absolute Gasteiger partial charge is 0.142 e. The number of carbonyl (C=O) groups is 1. The molecule has 0 aliphatic carbocycles. The second kappa shape index (κ2) is 15.2. The Hall–Kier alpha value is -2.11. The summed E-state index contributed by atoms with van der Waals surface area (Å²) in [5.74, 6) is 0.338. The highest BCUT2D eigenvalue weighted by Gasteiger charge is 2.07. The fraction of sp³-hybridized carbons (Fsp3) is 0.286. The Balaban J connectivity index is 0.000000920. The highest BCUT2D eigenvalue weighted by atomic mass is 32.2. The van der Waals surface area contributed by atoms with Crippen LogP contribution in [0, 0.1) is 5.82 Å². The predicted octanol–water partition coefficient (Wildman–Crippen LogP) is 5.59. The molecule has 0 aliphatic heterocycles. The second-order valence-electron chi connectivity index (χ2n) is 4.76. The third-order valence-corrected chi connectivity index (χ3v) is 4.12. The van der Waals surface area contributed by atoms with E-state index in [0.29, 0.717) is 28.2 Å². The summed E-state index contributed by atoms with van der Waals surface area (Å²) >= 11 is 1.40. The quantitative estimate of drug-likeness (QED) is 0.308. The molecule has 0 saturated carbocycles. The summed E-state index contributed by atoms with van der Waals surface area (Å²) in [6.45, 7) is 6.78. The number of benzene rings is 2. The molecule has 0 amide bonds. The number of carbonyl (C=O) groups excluding carboxylic acids is 1. The maximum atomic E-state index is 13.9. The van der Waals surface area contributed by atoms with Crippen molar-refractivity contribution in [2.45, 2.75) is 31.4 Å². The van der Waals surface area contributed by atoms with E-state index in [4.69, 9.17) is 5.73 Å². The number of thioether (sulfide) groups is 1. The van der Waals surface area contributed by atoms with Gasteiger partial charge in [0.15, 0.2) is 0 Å². The molecule has 0 aliphatic rings. The summed E-state index contributed by atoms with van der Waals surface area (Å²) in [5, 5.41) is 0. The normalized spacial score (nSPS) is 9.73. The van der Waals surface area contributed by atoms with Crippen LogP contribution in [-0.4, -0.2) is 20.0 Å². The predicted molar refractivity (Wildman–Crippen MR) is 111 cm³/mol. The van der Waals surface area contributed by atoms with Gasteiger partial charge in [0.1, 0.15) is 12.1 Å². The number of ether oxygens (including phenoxy) is 1. The SMILES string of the molecule is CC.CCOC.Nc1cc(F)c(SCc2ccccc2)cc1/C=C/C=O. The topological polar surface area (TPSA) is 52.3 Å². The van der Waals surface area contributed by atoms with Crippen molar-refractivity contribution in [1.82, 2.24) is 0 Å². The Morgan fingerprint density at radius 2 is 1.81 bits per heavy atom. The van der Waals surface area contributed by atoms with Crippen LogP contribution in [-0.2, 0) is 15.3 Å². The first kappa shape index (κ1) is 23.9. The highest BCUT2D eigenvalue weighted by molar-refractivity contribution is 7.98. The summed E-state index contributed by atoms with van der Waals surface area (Å²) in [4.78, 5) is 10.9. The van der Waals surface area contributed by atoms with Crippen molar-refractivity contribution < 1.29 is 13.9 Å². The van der Waals surface area contributed by atoms with E-state index in [1.165, 1.54) is 23.9 Å². The van der Waals surface area contributed by atoms with E-state index in [0.717, 1.165) is 12.2 Å². The van der Waals surface area contributed by atoms with Crippen LogP contribution in [0.3, 0.4) is 0 Å². The number of allylic oxidation sites excluding steroid dienone is 1. The van der Waals surface area contributed by atoms with Gasteiger partial charge in [0.05, 0.1) is 0 Å². The van der Waals surface area contributed by atoms with E-state index < -0.39 is 0 Å². The molecule has 3 nitrogen and oxygen atoms in total. The van der Waals surface area contributed by atoms with E-state index in [-0.39, 0.29) is 5.82 Å². The van der Waals surface area contributed by atoms with E-state index >= 15 is 0 Å². The zero-order valence-electron chi connectivity index (χ0n) is 15.9. The Bertz CT molecular complexity index is 659. The Kier molecular flexibility index (Phi) is 13.9. The minimum absolute atomic E-state index is 0.324. The number of nitrogens with two attached hydrogens (primary N) is 1. The molecule has 2 N–H and O–H groups in total. The van der Waals surface area contributed by atoms with E-state index in [2.05, 4.69) is 4.74 Å². The maximum absolute atomic E-state index is 13.9. The van der Waals surface area contributed by atoms with Gasteiger partial charge in [0, 0.05) is 30.1 Å². The number of halogens is 1. The first-order valence-electron chi connectivity index (χ1n) is 8.48. The minimum atomic E-state index is -0.341. The summed E-state index contributed by atoms with van der Waals surface area (Å²) in [5.41, 5.74) is 7.82. The molecular weight excluding hydrogens is 349 g/mol. The summed E-state index contributed by atoms with van der Waals surface area (Å²) in [6, 6.07) is 12.8. The lowest BCUT2D eigenvalue weighted by atomic mass is 10.1. The van der Waals surface area contributed by atoms with Crippen molar-refractivity contribution in [3.05, 3.63) is 65.5 Å². The first-order valence-corrected chi connectivity index (χ1v) is 9.47. The Labute approximate surface area is 160 Å². The molecule has 0 spiro atoms. The third kappa shape index (κ3) is 9.39. The van der Waals surface area contributed by atoms with Crippen molar-refractivity contribution in [2.75, 3.05) is 19.5 Å². The molecule has 5 heteroatoms. The Morgan fingerprint density at radius 3 is 2.35 bits per heavy atom. The molecule has 0 atom stereocenters. The molecular formula is C21H28FNO2S. The van der Waals surface area contributed by atoms with Gasteiger partial charge < -0.3 is 10.5 Å². The van der Waals surface area contributed by atoms with Crippen LogP contribution in [0.15, 0.2) is 53.4 Å². The molecule has 0 radical (unpaired) electrons. The average Bonchev–Trinajstić information content (AvgIpc) is 2.69. The fourth-order valence-corrected chi connectivity index (χ4v) is 2.64. The monoisotopic (exact) mass is 377 g/mol. The molecule has 0 heterocycles. The largest absolute Gasteiger partial charge is 0.398 e. The van der Waals surface area contributed by atoms with Crippen LogP contribution in [0.25, 0.3) is 6.08 Å². The van der Waals surface area contributed by atoms with Crippen molar-refractivity contribution in [1.29, 1.82) is 0 Å². The van der Waals surface area contributed by atoms with Crippen LogP contribution < -0.4 is 5.73 Å². The zero-order chi connectivity index (χ0) is 19.8. The third-order valence-electron chi connectivity index (χ3n) is 3.02. The summed E-state index contributed by atoms with van der Waals surface area (Å²) in [6.07, 6.45) is 3.59. The number of anilines is 1. The van der Waals surface area contributed by atoms with E-state index in [1.54, 1.807) is 19.3 Å². The molecule has 2 aromatic rings. The van der Waals surface area contributed by atoms with Crippen LogP contribution >= 0.6 is 11.8 Å². The molecule has 2 rings (SSSR count). The lowest BCUT2D eigenvalue weighted by Gasteiger charge is -2.07. The van der Waals surface area contributed by atoms with Gasteiger partial charge in [-0.15, -0.1) is 11.8 Å². The maximum Gasteiger partial charge on any atom is 0.142 e. The number of hydrogen-bond acceptors (Lipinski definition) is 4. The zero-order valence-corrected chi connectivity index (χ0v) is 16.7. The van der Waals surface area contributed by atoms with Crippen molar-refractivity contribution in [3.63, 3.8) is 0 Å². The lowest BCUT2D eigenvalue weighted by molar-refractivity contribution is -0.104. The highest BCUT2D eigenvalue weighted by Crippen LogP contribution is 2.29. The molecule has 2 aromatic carbocycles. The van der Waals surface area contributed by atoms with Gasteiger partial charge in [-0.2, -0.15) is 0 Å². The molecule has 0 saturated heterocycles. The number of rotatable bonds is 6. The Morgan fingerprint density at radius 1 is 1.19 bits per heavy atom.